The number of rotatable bonds is 4. The molecule has 0 radical (unpaired) electrons. The zero-order valence-corrected chi connectivity index (χ0v) is 13.3. The third-order valence-electron chi connectivity index (χ3n) is 3.62. The number of aryl methyl sites for hydroxylation is 1. The van der Waals surface area contributed by atoms with E-state index in [0.717, 1.165) is 19.5 Å². The van der Waals surface area contributed by atoms with E-state index in [9.17, 15) is 8.42 Å². The lowest BCUT2D eigenvalue weighted by atomic mass is 10.1. The summed E-state index contributed by atoms with van der Waals surface area (Å²) >= 11 is 5.95. The van der Waals surface area contributed by atoms with E-state index in [1.165, 1.54) is 6.07 Å². The summed E-state index contributed by atoms with van der Waals surface area (Å²) < 4.78 is 27.2. The lowest BCUT2D eigenvalue weighted by Gasteiger charge is -2.13. The van der Waals surface area contributed by atoms with Crippen LogP contribution >= 0.6 is 11.6 Å². The molecule has 0 aromatic heterocycles. The van der Waals surface area contributed by atoms with Crippen LogP contribution in [0, 0.1) is 12.8 Å². The van der Waals surface area contributed by atoms with E-state index in [4.69, 9.17) is 17.3 Å². The van der Waals surface area contributed by atoms with E-state index in [1.54, 1.807) is 13.0 Å². The molecule has 2 rings (SSSR count). The van der Waals surface area contributed by atoms with E-state index >= 15 is 0 Å². The summed E-state index contributed by atoms with van der Waals surface area (Å²) in [5, 5.41) is 0.404. The molecule has 3 N–H and O–H groups in total. The number of anilines is 1. The number of nitrogen functional groups attached to an aromatic ring is 1. The van der Waals surface area contributed by atoms with Crippen LogP contribution in [0.4, 0.5) is 5.69 Å². The Kier molecular flexibility index (Phi) is 4.59. The van der Waals surface area contributed by atoms with Gasteiger partial charge in [0.05, 0.1) is 15.6 Å². The summed E-state index contributed by atoms with van der Waals surface area (Å²) in [4.78, 5) is 2.37. The Balaban J connectivity index is 2.10. The number of hydrogen-bond acceptors (Lipinski definition) is 4. The van der Waals surface area contributed by atoms with Gasteiger partial charge in [0.25, 0.3) is 0 Å². The number of sulfonamides is 1. The third kappa shape index (κ3) is 3.44. The van der Waals surface area contributed by atoms with Gasteiger partial charge < -0.3 is 10.6 Å². The molecule has 1 aliphatic rings. The molecule has 0 aliphatic carbocycles. The average Bonchev–Trinajstić information content (AvgIpc) is 2.79. The first kappa shape index (κ1) is 15.6. The van der Waals surface area contributed by atoms with Crippen molar-refractivity contribution in [2.45, 2.75) is 18.2 Å². The van der Waals surface area contributed by atoms with Crippen LogP contribution in [0.15, 0.2) is 17.0 Å². The van der Waals surface area contributed by atoms with E-state index in [0.29, 0.717) is 23.0 Å². The van der Waals surface area contributed by atoms with Crippen LogP contribution in [0.5, 0.6) is 0 Å². The first-order valence-corrected chi connectivity index (χ1v) is 8.39. The maximum absolute atomic E-state index is 12.3. The molecule has 7 heteroatoms. The van der Waals surface area contributed by atoms with Gasteiger partial charge in [0.15, 0.2) is 0 Å². The highest BCUT2D eigenvalue weighted by molar-refractivity contribution is 7.89. The van der Waals surface area contributed by atoms with Gasteiger partial charge in [-0.25, -0.2) is 13.1 Å². The molecule has 112 valence electrons. The third-order valence-corrected chi connectivity index (χ3v) is 5.54. The summed E-state index contributed by atoms with van der Waals surface area (Å²) in [6.45, 7) is 4.13. The number of likely N-dealkylation sites (tertiary alicyclic amines) is 1. The molecule has 1 unspecified atom stereocenters. The fourth-order valence-corrected chi connectivity index (χ4v) is 3.77. The zero-order chi connectivity index (χ0) is 14.9. The van der Waals surface area contributed by atoms with Crippen molar-refractivity contribution in [1.29, 1.82) is 0 Å². The molecule has 0 saturated carbocycles. The van der Waals surface area contributed by atoms with Crippen LogP contribution in [-0.4, -0.2) is 40.0 Å². The second-order valence-electron chi connectivity index (χ2n) is 5.41. The minimum Gasteiger partial charge on any atom is -0.397 e. The van der Waals surface area contributed by atoms with Crippen molar-refractivity contribution >= 4 is 27.3 Å². The molecule has 5 nitrogen and oxygen atoms in total. The zero-order valence-electron chi connectivity index (χ0n) is 11.7. The van der Waals surface area contributed by atoms with Gasteiger partial charge in [0, 0.05) is 13.1 Å². The molecule has 1 saturated heterocycles. The van der Waals surface area contributed by atoms with Crippen molar-refractivity contribution in [2.24, 2.45) is 5.92 Å². The summed E-state index contributed by atoms with van der Waals surface area (Å²) in [7, 11) is -1.49. The van der Waals surface area contributed by atoms with Gasteiger partial charge in [-0.3, -0.25) is 0 Å². The van der Waals surface area contributed by atoms with Crippen LogP contribution in [0.1, 0.15) is 12.0 Å². The number of halogens is 1. The van der Waals surface area contributed by atoms with Crippen molar-refractivity contribution in [3.63, 3.8) is 0 Å². The first-order valence-electron chi connectivity index (χ1n) is 6.53. The molecule has 20 heavy (non-hydrogen) atoms. The smallest absolute Gasteiger partial charge is 0.240 e. The van der Waals surface area contributed by atoms with Gasteiger partial charge >= 0.3 is 0 Å². The quantitative estimate of drug-likeness (QED) is 0.824. The van der Waals surface area contributed by atoms with Crippen molar-refractivity contribution < 1.29 is 8.42 Å². The predicted molar refractivity (Wildman–Crippen MR) is 81.4 cm³/mol. The van der Waals surface area contributed by atoms with Gasteiger partial charge in [-0.2, -0.15) is 0 Å². The number of nitrogens with zero attached hydrogens (tertiary/aromatic N) is 1. The molecule has 1 aromatic carbocycles. The van der Waals surface area contributed by atoms with Crippen LogP contribution in [-0.2, 0) is 10.0 Å². The average molecular weight is 318 g/mol. The van der Waals surface area contributed by atoms with Crippen molar-refractivity contribution in [3.05, 3.63) is 22.7 Å². The standard InChI is InChI=1S/C13H20ClN3O2S/c1-9-5-11(6-12(15)13(9)14)20(18,19)16-7-10-3-4-17(2)8-10/h5-6,10,16H,3-4,7-8,15H2,1-2H3. The van der Waals surface area contributed by atoms with Gasteiger partial charge in [0.1, 0.15) is 0 Å². The van der Waals surface area contributed by atoms with Crippen molar-refractivity contribution in [1.82, 2.24) is 9.62 Å². The monoisotopic (exact) mass is 317 g/mol. The van der Waals surface area contributed by atoms with E-state index in [2.05, 4.69) is 9.62 Å². The highest BCUT2D eigenvalue weighted by Gasteiger charge is 2.23. The Morgan fingerprint density at radius 2 is 2.20 bits per heavy atom. The molecular weight excluding hydrogens is 298 g/mol. The fraction of sp³-hybridized carbons (Fsp3) is 0.538. The summed E-state index contributed by atoms with van der Waals surface area (Å²) in [6, 6.07) is 2.94. The van der Waals surface area contributed by atoms with Crippen LogP contribution in [0.2, 0.25) is 5.02 Å². The Bertz CT molecular complexity index is 581. The predicted octanol–water partition coefficient (Wildman–Crippen LogP) is 1.46. The van der Waals surface area contributed by atoms with Crippen LogP contribution < -0.4 is 10.5 Å². The molecular formula is C13H20ClN3O2S. The van der Waals surface area contributed by atoms with E-state index in [1.807, 2.05) is 7.05 Å². The molecule has 0 spiro atoms. The highest BCUT2D eigenvalue weighted by atomic mass is 35.5. The second kappa shape index (κ2) is 5.89. The minimum atomic E-state index is -3.53. The number of hydrogen-bond donors (Lipinski definition) is 2. The lowest BCUT2D eigenvalue weighted by Crippen LogP contribution is -2.30. The topological polar surface area (TPSA) is 75.4 Å². The normalized spacial score (nSPS) is 20.4. The summed E-state index contributed by atoms with van der Waals surface area (Å²) in [5.74, 6) is 0.362. The summed E-state index contributed by atoms with van der Waals surface area (Å²) in [6.07, 6.45) is 1.01. The molecule has 1 aromatic rings. The SMILES string of the molecule is Cc1cc(S(=O)(=O)NCC2CCN(C)C2)cc(N)c1Cl. The van der Waals surface area contributed by atoms with Gasteiger partial charge in [-0.1, -0.05) is 11.6 Å². The number of nitrogens with one attached hydrogen (secondary N) is 1. The van der Waals surface area contributed by atoms with Crippen LogP contribution in [0.3, 0.4) is 0 Å². The van der Waals surface area contributed by atoms with Crippen molar-refractivity contribution in [2.75, 3.05) is 32.4 Å². The maximum Gasteiger partial charge on any atom is 0.240 e. The molecule has 1 atom stereocenters. The largest absolute Gasteiger partial charge is 0.397 e. The minimum absolute atomic E-state index is 0.170. The Morgan fingerprint density at radius 3 is 2.75 bits per heavy atom. The fourth-order valence-electron chi connectivity index (χ4n) is 2.42. The van der Waals surface area contributed by atoms with E-state index in [-0.39, 0.29) is 10.6 Å². The number of benzene rings is 1. The maximum atomic E-state index is 12.3. The van der Waals surface area contributed by atoms with Gasteiger partial charge in [-0.15, -0.1) is 0 Å². The second-order valence-corrected chi connectivity index (χ2v) is 7.56. The van der Waals surface area contributed by atoms with Gasteiger partial charge in [-0.05, 0) is 50.6 Å². The first-order chi connectivity index (χ1) is 9.29. The summed E-state index contributed by atoms with van der Waals surface area (Å²) in [5.41, 5.74) is 6.67. The Labute approximate surface area is 125 Å². The molecule has 1 aliphatic heterocycles. The Hall–Kier alpha value is -0.820. The lowest BCUT2D eigenvalue weighted by molar-refractivity contribution is 0.394. The van der Waals surface area contributed by atoms with Gasteiger partial charge in [0.2, 0.25) is 10.0 Å². The Morgan fingerprint density at radius 1 is 1.50 bits per heavy atom. The van der Waals surface area contributed by atoms with Crippen molar-refractivity contribution in [3.8, 4) is 0 Å². The van der Waals surface area contributed by atoms with Crippen LogP contribution in [0.25, 0.3) is 0 Å². The highest BCUT2D eigenvalue weighted by Crippen LogP contribution is 2.26. The molecule has 1 fully saturated rings. The molecule has 0 bridgehead atoms. The molecule has 0 amide bonds. The number of nitrogens with two attached hydrogens (primary N) is 1. The van der Waals surface area contributed by atoms with E-state index < -0.39 is 10.0 Å². The molecule has 1 heterocycles.